The molecule has 1 amide bonds. The molecule has 0 saturated heterocycles. The van der Waals surface area contributed by atoms with Crippen LogP contribution in [0, 0.1) is 11.7 Å². The molecule has 0 bridgehead atoms. The van der Waals surface area contributed by atoms with E-state index in [0.717, 1.165) is 30.6 Å². The summed E-state index contributed by atoms with van der Waals surface area (Å²) in [5, 5.41) is 14.7. The molecule has 4 aromatic rings. The molecule has 3 heterocycles. The van der Waals surface area contributed by atoms with E-state index in [9.17, 15) is 9.18 Å². The summed E-state index contributed by atoms with van der Waals surface area (Å²) >= 11 is 0. The average molecular weight is 461 g/mol. The van der Waals surface area contributed by atoms with Gasteiger partial charge in [-0.3, -0.25) is 9.78 Å². The molecule has 0 aliphatic heterocycles. The van der Waals surface area contributed by atoms with Crippen molar-refractivity contribution in [2.45, 2.75) is 25.4 Å². The molecule has 5 rings (SSSR count). The van der Waals surface area contributed by atoms with Gasteiger partial charge < -0.3 is 19.8 Å². The summed E-state index contributed by atoms with van der Waals surface area (Å²) in [6.45, 7) is 0.360. The number of rotatable bonds is 8. The Balaban J connectivity index is 1.27. The minimum Gasteiger partial charge on any atom is -0.378 e. The first-order valence-corrected chi connectivity index (χ1v) is 11.1. The number of amides is 1. The van der Waals surface area contributed by atoms with Crippen molar-refractivity contribution in [3.63, 3.8) is 0 Å². The fourth-order valence-corrected chi connectivity index (χ4v) is 3.98. The minimum absolute atomic E-state index is 0.102. The second kappa shape index (κ2) is 9.05. The standard InChI is InChI=1S/C24H25FN8O/c1-32-11-10-27-23(32)21(15-6-7-15)29-24(34)16-4-3-5-17(12-16)28-14-20-30-31-22(33(20)2)18-8-9-26-13-19(18)25/h3-5,8-13,15,21,28H,6-7,14H2,1-2H3,(H,29,34)/t21-/m0/s1. The van der Waals surface area contributed by atoms with Crippen LogP contribution in [0.1, 0.15) is 40.9 Å². The minimum atomic E-state index is -0.453. The molecule has 1 saturated carbocycles. The number of hydrogen-bond donors (Lipinski definition) is 2. The Hall–Kier alpha value is -4.08. The predicted octanol–water partition coefficient (Wildman–Crippen LogP) is 3.24. The Morgan fingerprint density at radius 1 is 1.21 bits per heavy atom. The van der Waals surface area contributed by atoms with E-state index in [1.54, 1.807) is 36.0 Å². The third kappa shape index (κ3) is 4.39. The lowest BCUT2D eigenvalue weighted by molar-refractivity contribution is 0.0929. The van der Waals surface area contributed by atoms with E-state index >= 15 is 0 Å². The number of imidazole rings is 1. The molecule has 174 valence electrons. The summed E-state index contributed by atoms with van der Waals surface area (Å²) in [4.78, 5) is 21.2. The monoisotopic (exact) mass is 460 g/mol. The van der Waals surface area contributed by atoms with Gasteiger partial charge in [0.1, 0.15) is 5.82 Å². The zero-order valence-corrected chi connectivity index (χ0v) is 18.9. The van der Waals surface area contributed by atoms with Crippen molar-refractivity contribution < 1.29 is 9.18 Å². The molecule has 1 aromatic carbocycles. The van der Waals surface area contributed by atoms with E-state index in [1.165, 1.54) is 6.20 Å². The summed E-state index contributed by atoms with van der Waals surface area (Å²) in [6.07, 6.45) is 8.49. The lowest BCUT2D eigenvalue weighted by Crippen LogP contribution is -2.31. The molecule has 1 atom stereocenters. The molecule has 0 radical (unpaired) electrons. The Morgan fingerprint density at radius 2 is 2.06 bits per heavy atom. The number of hydrogen-bond acceptors (Lipinski definition) is 6. The number of carbonyl (C=O) groups excluding carboxylic acids is 1. The molecular weight excluding hydrogens is 435 g/mol. The van der Waals surface area contributed by atoms with Crippen molar-refractivity contribution in [2.75, 3.05) is 5.32 Å². The highest BCUT2D eigenvalue weighted by molar-refractivity contribution is 5.95. The van der Waals surface area contributed by atoms with Gasteiger partial charge in [0.25, 0.3) is 5.91 Å². The van der Waals surface area contributed by atoms with Crippen molar-refractivity contribution in [3.8, 4) is 11.4 Å². The summed E-state index contributed by atoms with van der Waals surface area (Å²) in [5.74, 6) is 1.74. The van der Waals surface area contributed by atoms with E-state index in [4.69, 9.17) is 0 Å². The number of benzene rings is 1. The normalized spacial score (nSPS) is 14.1. The Kier molecular flexibility index (Phi) is 5.79. The fraction of sp³-hybridized carbons (Fsp3) is 0.292. The van der Waals surface area contributed by atoms with Crippen molar-refractivity contribution >= 4 is 11.6 Å². The maximum atomic E-state index is 14.1. The van der Waals surface area contributed by atoms with Gasteiger partial charge >= 0.3 is 0 Å². The zero-order valence-electron chi connectivity index (χ0n) is 18.9. The first-order chi connectivity index (χ1) is 16.5. The van der Waals surface area contributed by atoms with Gasteiger partial charge in [0.2, 0.25) is 0 Å². The summed E-state index contributed by atoms with van der Waals surface area (Å²) < 4.78 is 17.8. The SMILES string of the molecule is Cn1ccnc1[C@@H](NC(=O)c1cccc(NCc2nnc(-c3ccncc3F)n2C)c1)C1CC1. The lowest BCUT2D eigenvalue weighted by Gasteiger charge is -2.18. The molecule has 1 fully saturated rings. The second-order valence-corrected chi connectivity index (χ2v) is 8.47. The van der Waals surface area contributed by atoms with Gasteiger partial charge in [0.15, 0.2) is 17.5 Å². The topological polar surface area (TPSA) is 103 Å². The number of halogens is 1. The third-order valence-corrected chi connectivity index (χ3v) is 6.07. The number of anilines is 1. The molecule has 1 aliphatic carbocycles. The van der Waals surface area contributed by atoms with Crippen molar-refractivity contribution in [2.24, 2.45) is 20.0 Å². The first-order valence-electron chi connectivity index (χ1n) is 11.1. The van der Waals surface area contributed by atoms with E-state index in [1.807, 2.05) is 29.9 Å². The molecule has 3 aromatic heterocycles. The van der Waals surface area contributed by atoms with Gasteiger partial charge in [0.05, 0.1) is 24.3 Å². The van der Waals surface area contributed by atoms with Crippen molar-refractivity contribution in [1.82, 2.24) is 34.6 Å². The number of nitrogens with zero attached hydrogens (tertiary/aromatic N) is 6. The summed E-state index contributed by atoms with van der Waals surface area (Å²) in [6, 6.07) is 8.77. The molecule has 10 heteroatoms. The van der Waals surface area contributed by atoms with E-state index < -0.39 is 5.82 Å². The second-order valence-electron chi connectivity index (χ2n) is 8.47. The van der Waals surface area contributed by atoms with Gasteiger partial charge in [-0.2, -0.15) is 0 Å². The highest BCUT2D eigenvalue weighted by atomic mass is 19.1. The van der Waals surface area contributed by atoms with Crippen LogP contribution in [0.2, 0.25) is 0 Å². The van der Waals surface area contributed by atoms with Gasteiger partial charge in [-0.1, -0.05) is 6.07 Å². The van der Waals surface area contributed by atoms with Gasteiger partial charge in [-0.25, -0.2) is 9.37 Å². The van der Waals surface area contributed by atoms with E-state index in [2.05, 4.69) is 30.8 Å². The van der Waals surface area contributed by atoms with Crippen LogP contribution in [0.3, 0.4) is 0 Å². The van der Waals surface area contributed by atoms with Crippen LogP contribution in [0.4, 0.5) is 10.1 Å². The largest absolute Gasteiger partial charge is 0.378 e. The predicted molar refractivity (Wildman–Crippen MR) is 124 cm³/mol. The van der Waals surface area contributed by atoms with Gasteiger partial charge in [0, 0.05) is 43.9 Å². The zero-order chi connectivity index (χ0) is 23.7. The number of aromatic nitrogens is 6. The smallest absolute Gasteiger partial charge is 0.251 e. The molecule has 2 N–H and O–H groups in total. The Morgan fingerprint density at radius 3 is 2.79 bits per heavy atom. The molecule has 9 nitrogen and oxygen atoms in total. The van der Waals surface area contributed by atoms with Gasteiger partial charge in [-0.15, -0.1) is 10.2 Å². The molecular formula is C24H25FN8O. The van der Waals surface area contributed by atoms with Gasteiger partial charge in [-0.05, 0) is 43.0 Å². The van der Waals surface area contributed by atoms with Crippen LogP contribution in [0.25, 0.3) is 11.4 Å². The highest BCUT2D eigenvalue weighted by Gasteiger charge is 2.35. The summed E-state index contributed by atoms with van der Waals surface area (Å²) in [5.41, 5.74) is 1.67. The fourth-order valence-electron chi connectivity index (χ4n) is 3.98. The quantitative estimate of drug-likeness (QED) is 0.419. The first kappa shape index (κ1) is 21.7. The number of pyridine rings is 1. The molecule has 1 aliphatic rings. The van der Waals surface area contributed by atoms with Crippen molar-refractivity contribution in [3.05, 3.63) is 78.1 Å². The van der Waals surface area contributed by atoms with Crippen LogP contribution in [-0.2, 0) is 20.6 Å². The Bertz CT molecular complexity index is 1330. The third-order valence-electron chi connectivity index (χ3n) is 6.07. The molecule has 34 heavy (non-hydrogen) atoms. The average Bonchev–Trinajstić information content (AvgIpc) is 3.50. The van der Waals surface area contributed by atoms with Crippen LogP contribution >= 0.6 is 0 Å². The van der Waals surface area contributed by atoms with Crippen LogP contribution < -0.4 is 10.6 Å². The van der Waals surface area contributed by atoms with Crippen LogP contribution in [0.5, 0.6) is 0 Å². The molecule has 0 spiro atoms. The van der Waals surface area contributed by atoms with Crippen molar-refractivity contribution in [1.29, 1.82) is 0 Å². The lowest BCUT2D eigenvalue weighted by atomic mass is 10.1. The van der Waals surface area contributed by atoms with Crippen LogP contribution in [0.15, 0.2) is 55.1 Å². The maximum Gasteiger partial charge on any atom is 0.251 e. The van der Waals surface area contributed by atoms with E-state index in [0.29, 0.717) is 35.2 Å². The molecule has 0 unspecified atom stereocenters. The number of carbonyl (C=O) groups is 1. The number of aryl methyl sites for hydroxylation is 1. The number of nitrogens with one attached hydrogen (secondary N) is 2. The van der Waals surface area contributed by atoms with E-state index in [-0.39, 0.29) is 11.9 Å². The summed E-state index contributed by atoms with van der Waals surface area (Å²) in [7, 11) is 3.72. The van der Waals surface area contributed by atoms with Crippen LogP contribution in [-0.4, -0.2) is 35.2 Å². The highest BCUT2D eigenvalue weighted by Crippen LogP contribution is 2.40. The maximum absolute atomic E-state index is 14.1. The Labute approximate surface area is 196 Å².